The quantitative estimate of drug-likeness (QED) is 0.754. The van der Waals surface area contributed by atoms with Crippen LogP contribution >= 0.6 is 0 Å². The first-order valence-electron chi connectivity index (χ1n) is 8.46. The molecular weight excluding hydrogens is 332 g/mol. The van der Waals surface area contributed by atoms with Crippen LogP contribution in [0.4, 0.5) is 0 Å². The molecule has 132 valence electrons. The van der Waals surface area contributed by atoms with Gasteiger partial charge in [-0.3, -0.25) is 9.36 Å². The van der Waals surface area contributed by atoms with E-state index in [1.54, 1.807) is 41.6 Å². The molecule has 8 nitrogen and oxygen atoms in total. The third-order valence-corrected chi connectivity index (χ3v) is 4.20. The topological polar surface area (TPSA) is 94.8 Å². The van der Waals surface area contributed by atoms with Crippen molar-refractivity contribution in [3.05, 3.63) is 66.3 Å². The molecule has 2 aromatic heterocycles. The number of nitrogens with zero attached hydrogens (tertiary/aromatic N) is 5. The number of nitrogens with one attached hydrogen (secondary N) is 1. The number of carbonyl (C=O) groups excluding carboxylic acids is 1. The Kier molecular flexibility index (Phi) is 4.65. The first-order valence-corrected chi connectivity index (χ1v) is 8.46. The summed E-state index contributed by atoms with van der Waals surface area (Å²) < 4.78 is 7.36. The molecule has 0 unspecified atom stereocenters. The van der Waals surface area contributed by atoms with Gasteiger partial charge in [0.25, 0.3) is 5.91 Å². The standard InChI is InChI=1S/C18H18N6O2/c25-18(13-3-1-4-15(9-13)24-11-21-22-12-24)20-10-14-6-7-19-17(23-14)16-5-2-8-26-16/h1,3-4,6-7,9,11-12,16H,2,5,8,10H2,(H,20,25)/t16-/m1/s1. The minimum absolute atomic E-state index is 0.0360. The number of rotatable bonds is 5. The van der Waals surface area contributed by atoms with E-state index in [0.717, 1.165) is 30.8 Å². The lowest BCUT2D eigenvalue weighted by Gasteiger charge is -2.10. The van der Waals surface area contributed by atoms with E-state index in [2.05, 4.69) is 25.5 Å². The van der Waals surface area contributed by atoms with Crippen molar-refractivity contribution in [2.24, 2.45) is 0 Å². The molecule has 1 aromatic carbocycles. The molecule has 1 amide bonds. The third kappa shape index (κ3) is 3.60. The summed E-state index contributed by atoms with van der Waals surface area (Å²) in [6.45, 7) is 1.08. The van der Waals surface area contributed by atoms with Gasteiger partial charge in [-0.25, -0.2) is 9.97 Å². The summed E-state index contributed by atoms with van der Waals surface area (Å²) in [6.07, 6.45) is 6.81. The number of carbonyl (C=O) groups is 1. The van der Waals surface area contributed by atoms with Crippen LogP contribution in [0.25, 0.3) is 5.69 Å². The van der Waals surface area contributed by atoms with Gasteiger partial charge in [-0.15, -0.1) is 10.2 Å². The summed E-state index contributed by atoms with van der Waals surface area (Å²) in [5.41, 5.74) is 2.14. The summed E-state index contributed by atoms with van der Waals surface area (Å²) >= 11 is 0. The lowest BCUT2D eigenvalue weighted by Crippen LogP contribution is -2.23. The van der Waals surface area contributed by atoms with Crippen LogP contribution in [0.3, 0.4) is 0 Å². The van der Waals surface area contributed by atoms with E-state index in [9.17, 15) is 4.79 Å². The molecule has 1 aliphatic rings. The number of amides is 1. The summed E-state index contributed by atoms with van der Waals surface area (Å²) in [5.74, 6) is 0.515. The zero-order chi connectivity index (χ0) is 17.8. The van der Waals surface area contributed by atoms with Gasteiger partial charge in [0.2, 0.25) is 0 Å². The van der Waals surface area contributed by atoms with E-state index >= 15 is 0 Å². The van der Waals surface area contributed by atoms with Crippen molar-refractivity contribution in [2.45, 2.75) is 25.5 Å². The van der Waals surface area contributed by atoms with E-state index < -0.39 is 0 Å². The molecule has 0 bridgehead atoms. The lowest BCUT2D eigenvalue weighted by molar-refractivity contribution is 0.0949. The summed E-state index contributed by atoms with van der Waals surface area (Å²) in [7, 11) is 0. The second kappa shape index (κ2) is 7.40. The largest absolute Gasteiger partial charge is 0.370 e. The first-order chi connectivity index (χ1) is 12.8. The minimum Gasteiger partial charge on any atom is -0.370 e. The normalized spacial score (nSPS) is 16.5. The highest BCUT2D eigenvalue weighted by Crippen LogP contribution is 2.25. The first kappa shape index (κ1) is 16.3. The molecule has 4 rings (SSSR count). The maximum absolute atomic E-state index is 12.5. The van der Waals surface area contributed by atoms with Crippen molar-refractivity contribution >= 4 is 5.91 Å². The molecule has 0 saturated carbocycles. The molecule has 0 aliphatic carbocycles. The van der Waals surface area contributed by atoms with Crippen LogP contribution in [-0.4, -0.2) is 37.2 Å². The van der Waals surface area contributed by atoms with Crippen LogP contribution in [0.15, 0.2) is 49.2 Å². The average Bonchev–Trinajstić information content (AvgIpc) is 3.40. The predicted molar refractivity (Wildman–Crippen MR) is 92.5 cm³/mol. The molecule has 3 aromatic rings. The highest BCUT2D eigenvalue weighted by atomic mass is 16.5. The SMILES string of the molecule is O=C(NCc1ccnc([C@H]2CCCO2)n1)c1cccc(-n2cnnc2)c1. The molecule has 3 heterocycles. The molecule has 1 N–H and O–H groups in total. The predicted octanol–water partition coefficient (Wildman–Crippen LogP) is 1.84. The minimum atomic E-state index is -0.169. The van der Waals surface area contributed by atoms with Gasteiger partial charge in [0, 0.05) is 24.1 Å². The van der Waals surface area contributed by atoms with Gasteiger partial charge >= 0.3 is 0 Å². The van der Waals surface area contributed by atoms with Crippen LogP contribution < -0.4 is 5.32 Å². The fourth-order valence-electron chi connectivity index (χ4n) is 2.86. The molecule has 1 atom stereocenters. The zero-order valence-corrected chi connectivity index (χ0v) is 14.1. The van der Waals surface area contributed by atoms with Crippen molar-refractivity contribution in [1.29, 1.82) is 0 Å². The monoisotopic (exact) mass is 350 g/mol. The number of aromatic nitrogens is 5. The second-order valence-electron chi connectivity index (χ2n) is 6.01. The molecule has 0 radical (unpaired) electrons. The molecule has 26 heavy (non-hydrogen) atoms. The highest BCUT2D eigenvalue weighted by molar-refractivity contribution is 5.94. The van der Waals surface area contributed by atoms with Crippen molar-refractivity contribution in [3.63, 3.8) is 0 Å². The number of benzene rings is 1. The Morgan fingerprint density at radius 1 is 1.27 bits per heavy atom. The van der Waals surface area contributed by atoms with Crippen molar-refractivity contribution in [1.82, 2.24) is 30.0 Å². The van der Waals surface area contributed by atoms with E-state index in [0.29, 0.717) is 17.9 Å². The van der Waals surface area contributed by atoms with E-state index in [1.807, 2.05) is 12.1 Å². The molecular formula is C18H18N6O2. The van der Waals surface area contributed by atoms with Crippen molar-refractivity contribution in [2.75, 3.05) is 6.61 Å². The molecule has 1 saturated heterocycles. The van der Waals surface area contributed by atoms with Crippen LogP contribution in [0, 0.1) is 0 Å². The summed E-state index contributed by atoms with van der Waals surface area (Å²) in [4.78, 5) is 21.3. The number of hydrogen-bond acceptors (Lipinski definition) is 6. The van der Waals surface area contributed by atoms with Gasteiger partial charge in [-0.1, -0.05) is 6.07 Å². The van der Waals surface area contributed by atoms with Gasteiger partial charge in [0.1, 0.15) is 18.8 Å². The summed E-state index contributed by atoms with van der Waals surface area (Å²) in [6, 6.07) is 9.06. The van der Waals surface area contributed by atoms with Gasteiger partial charge in [0.15, 0.2) is 5.82 Å². The maximum atomic E-state index is 12.5. The van der Waals surface area contributed by atoms with Crippen LogP contribution in [0.5, 0.6) is 0 Å². The van der Waals surface area contributed by atoms with Crippen LogP contribution in [0.1, 0.15) is 40.8 Å². The Morgan fingerprint density at radius 2 is 2.15 bits per heavy atom. The average molecular weight is 350 g/mol. The van der Waals surface area contributed by atoms with Gasteiger partial charge in [0.05, 0.1) is 12.2 Å². The van der Waals surface area contributed by atoms with E-state index in [4.69, 9.17) is 4.74 Å². The maximum Gasteiger partial charge on any atom is 0.251 e. The fourth-order valence-corrected chi connectivity index (χ4v) is 2.86. The Balaban J connectivity index is 1.43. The van der Waals surface area contributed by atoms with Gasteiger partial charge in [-0.05, 0) is 37.1 Å². The lowest BCUT2D eigenvalue weighted by atomic mass is 10.2. The van der Waals surface area contributed by atoms with Gasteiger partial charge < -0.3 is 10.1 Å². The Bertz CT molecular complexity index is 890. The number of ether oxygens (including phenoxy) is 1. The molecule has 1 fully saturated rings. The molecule has 0 spiro atoms. The van der Waals surface area contributed by atoms with Crippen molar-refractivity contribution < 1.29 is 9.53 Å². The van der Waals surface area contributed by atoms with Crippen LogP contribution in [0.2, 0.25) is 0 Å². The Morgan fingerprint density at radius 3 is 2.96 bits per heavy atom. The summed E-state index contributed by atoms with van der Waals surface area (Å²) in [5, 5.41) is 10.5. The number of hydrogen-bond donors (Lipinski definition) is 1. The van der Waals surface area contributed by atoms with Crippen molar-refractivity contribution in [3.8, 4) is 5.69 Å². The van der Waals surface area contributed by atoms with Gasteiger partial charge in [-0.2, -0.15) is 0 Å². The molecule has 8 heteroatoms. The fraction of sp³-hybridized carbons (Fsp3) is 0.278. The zero-order valence-electron chi connectivity index (χ0n) is 14.1. The second-order valence-corrected chi connectivity index (χ2v) is 6.01. The smallest absolute Gasteiger partial charge is 0.251 e. The van der Waals surface area contributed by atoms with Crippen LogP contribution in [-0.2, 0) is 11.3 Å². The third-order valence-electron chi connectivity index (χ3n) is 4.20. The Hall–Kier alpha value is -3.13. The molecule has 1 aliphatic heterocycles. The Labute approximate surface area is 150 Å². The van der Waals surface area contributed by atoms with E-state index in [-0.39, 0.29) is 12.0 Å². The van der Waals surface area contributed by atoms with E-state index in [1.165, 1.54) is 0 Å². The highest BCUT2D eigenvalue weighted by Gasteiger charge is 2.20.